The zero-order chi connectivity index (χ0) is 21.1. The second-order valence-electron chi connectivity index (χ2n) is 10.2. The minimum atomic E-state index is -3.74. The van der Waals surface area contributed by atoms with E-state index in [0.717, 1.165) is 36.2 Å². The average Bonchev–Trinajstić information content (AvgIpc) is 3.50. The van der Waals surface area contributed by atoms with E-state index in [-0.39, 0.29) is 16.9 Å². The Labute approximate surface area is 177 Å². The molecule has 5 saturated carbocycles. The lowest BCUT2D eigenvalue weighted by Crippen LogP contribution is -2.48. The number of halogens is 1. The fourth-order valence-electron chi connectivity index (χ4n) is 6.64. The van der Waals surface area contributed by atoms with Crippen LogP contribution in [0.2, 0.25) is 0 Å². The zero-order valence-corrected chi connectivity index (χ0v) is 18.3. The van der Waals surface area contributed by atoms with Gasteiger partial charge in [-0.1, -0.05) is 0 Å². The highest BCUT2D eigenvalue weighted by Crippen LogP contribution is 2.60. The normalized spacial score (nSPS) is 32.4. The minimum Gasteiger partial charge on any atom is -0.493 e. The Morgan fingerprint density at radius 1 is 1.13 bits per heavy atom. The van der Waals surface area contributed by atoms with E-state index in [1.807, 2.05) is 0 Å². The molecule has 5 nitrogen and oxygen atoms in total. The van der Waals surface area contributed by atoms with Gasteiger partial charge in [-0.05, 0) is 93.7 Å². The maximum atomic E-state index is 14.8. The summed E-state index contributed by atoms with van der Waals surface area (Å²) in [5, 5.41) is 0. The monoisotopic (exact) mass is 435 g/mol. The number of nitrogens with one attached hydrogen (secondary N) is 1. The zero-order valence-electron chi connectivity index (χ0n) is 17.5. The number of rotatable bonds is 8. The van der Waals surface area contributed by atoms with Gasteiger partial charge in [0.15, 0.2) is 5.78 Å². The van der Waals surface area contributed by atoms with Crippen molar-refractivity contribution in [1.29, 1.82) is 0 Å². The third-order valence-electron chi connectivity index (χ3n) is 7.75. The molecule has 0 unspecified atom stereocenters. The van der Waals surface area contributed by atoms with Crippen molar-refractivity contribution in [2.75, 3.05) is 19.4 Å². The van der Waals surface area contributed by atoms with E-state index in [1.165, 1.54) is 57.7 Å². The van der Waals surface area contributed by atoms with Gasteiger partial charge in [-0.15, -0.1) is 0 Å². The van der Waals surface area contributed by atoms with Crippen LogP contribution in [0.3, 0.4) is 0 Å². The van der Waals surface area contributed by atoms with E-state index in [9.17, 15) is 17.6 Å². The van der Waals surface area contributed by atoms with Gasteiger partial charge in [-0.3, -0.25) is 4.79 Å². The summed E-state index contributed by atoms with van der Waals surface area (Å²) in [5.41, 5.74) is 0.922. The number of hydrogen-bond donors (Lipinski definition) is 1. The van der Waals surface area contributed by atoms with Crippen molar-refractivity contribution in [3.63, 3.8) is 0 Å². The fourth-order valence-corrected chi connectivity index (χ4v) is 7.29. The summed E-state index contributed by atoms with van der Waals surface area (Å²) < 4.78 is 46.6. The number of ether oxygens (including phenoxy) is 1. The van der Waals surface area contributed by atoms with Crippen LogP contribution in [0.25, 0.3) is 0 Å². The van der Waals surface area contributed by atoms with E-state index in [0.29, 0.717) is 12.4 Å². The number of hydrogen-bond acceptors (Lipinski definition) is 4. The number of ketones is 1. The first-order valence-electron chi connectivity index (χ1n) is 11.2. The number of sulfonamides is 1. The van der Waals surface area contributed by atoms with Gasteiger partial charge in [0.25, 0.3) is 0 Å². The van der Waals surface area contributed by atoms with Crippen molar-refractivity contribution in [2.45, 2.75) is 57.3 Å². The van der Waals surface area contributed by atoms with Crippen molar-refractivity contribution >= 4 is 15.8 Å². The Hall–Kier alpha value is -1.47. The molecule has 0 atom stereocenters. The largest absolute Gasteiger partial charge is 0.493 e. The summed E-state index contributed by atoms with van der Waals surface area (Å²) in [6, 6.07) is 2.85. The van der Waals surface area contributed by atoms with Crippen LogP contribution in [-0.4, -0.2) is 33.6 Å². The van der Waals surface area contributed by atoms with Gasteiger partial charge in [-0.25, -0.2) is 17.5 Å². The Kier molecular flexibility index (Phi) is 4.97. The molecule has 0 saturated heterocycles. The molecule has 5 aliphatic carbocycles. The SMILES string of the molecule is CNS(=O)(=O)CC(=O)c1cc(C2CC2)c(OCC23CC4CC(CC(C4)C2)C3)cc1F. The molecule has 7 heteroatoms. The first-order valence-corrected chi connectivity index (χ1v) is 12.8. The van der Waals surface area contributed by atoms with Crippen molar-refractivity contribution in [3.05, 3.63) is 29.1 Å². The van der Waals surface area contributed by atoms with Gasteiger partial charge < -0.3 is 4.74 Å². The Balaban J connectivity index is 1.37. The fraction of sp³-hybridized carbons (Fsp3) is 0.696. The molecule has 0 aromatic heterocycles. The number of carbonyl (C=O) groups excluding carboxylic acids is 1. The summed E-state index contributed by atoms with van der Waals surface area (Å²) in [4.78, 5) is 12.4. The summed E-state index contributed by atoms with van der Waals surface area (Å²) in [5.74, 6) is 1.12. The van der Waals surface area contributed by atoms with Crippen molar-refractivity contribution < 1.29 is 22.3 Å². The predicted octanol–water partition coefficient (Wildman–Crippen LogP) is 4.03. The van der Waals surface area contributed by atoms with E-state index in [2.05, 4.69) is 4.72 Å². The maximum Gasteiger partial charge on any atom is 0.218 e. The van der Waals surface area contributed by atoms with Crippen LogP contribution in [0.5, 0.6) is 5.75 Å². The highest BCUT2D eigenvalue weighted by atomic mass is 32.2. The van der Waals surface area contributed by atoms with E-state index >= 15 is 0 Å². The van der Waals surface area contributed by atoms with Gasteiger partial charge in [0, 0.05) is 11.5 Å². The lowest BCUT2D eigenvalue weighted by atomic mass is 9.50. The first-order chi connectivity index (χ1) is 14.3. The molecule has 0 radical (unpaired) electrons. The van der Waals surface area contributed by atoms with Gasteiger partial charge in [0.2, 0.25) is 10.0 Å². The molecule has 164 valence electrons. The van der Waals surface area contributed by atoms with Crippen molar-refractivity contribution in [2.24, 2.45) is 23.2 Å². The average molecular weight is 436 g/mol. The lowest BCUT2D eigenvalue weighted by molar-refractivity contribution is -0.0747. The predicted molar refractivity (Wildman–Crippen MR) is 112 cm³/mol. The first kappa shape index (κ1) is 20.4. The second-order valence-corrected chi connectivity index (χ2v) is 12.2. The molecular formula is C23H30FNO4S. The molecule has 1 N–H and O–H groups in total. The standard InChI is InChI=1S/C23H30FNO4S/c1-25-30(27,28)12-21(26)19-7-18(17-2-3-17)22(8-20(19)24)29-13-23-9-14-4-15(10-23)6-16(5-14)11-23/h7-8,14-17,25H,2-6,9-13H2,1H3. The van der Waals surface area contributed by atoms with E-state index < -0.39 is 27.4 Å². The molecular weight excluding hydrogens is 405 g/mol. The van der Waals surface area contributed by atoms with Crippen molar-refractivity contribution in [3.8, 4) is 5.75 Å². The van der Waals surface area contributed by atoms with Crippen LogP contribution < -0.4 is 9.46 Å². The molecule has 5 aliphatic rings. The van der Waals surface area contributed by atoms with Crippen LogP contribution in [-0.2, 0) is 10.0 Å². The van der Waals surface area contributed by atoms with Gasteiger partial charge in [0.05, 0.1) is 12.2 Å². The van der Waals surface area contributed by atoms with Crippen LogP contribution in [0.1, 0.15) is 73.2 Å². The maximum absolute atomic E-state index is 14.8. The van der Waals surface area contributed by atoms with E-state index in [4.69, 9.17) is 4.74 Å². The Morgan fingerprint density at radius 2 is 1.73 bits per heavy atom. The van der Waals surface area contributed by atoms with Crippen LogP contribution in [0, 0.1) is 29.0 Å². The highest BCUT2D eigenvalue weighted by Gasteiger charge is 2.51. The third kappa shape index (κ3) is 3.91. The summed E-state index contributed by atoms with van der Waals surface area (Å²) >= 11 is 0. The number of benzene rings is 1. The molecule has 1 aromatic rings. The van der Waals surface area contributed by atoms with Gasteiger partial charge in [0.1, 0.15) is 17.3 Å². The quantitative estimate of drug-likeness (QED) is 0.626. The summed E-state index contributed by atoms with van der Waals surface area (Å²) in [6.07, 6.45) is 9.74. The van der Waals surface area contributed by atoms with Crippen LogP contribution in [0.4, 0.5) is 4.39 Å². The second kappa shape index (κ2) is 7.30. The van der Waals surface area contributed by atoms with Gasteiger partial charge in [-0.2, -0.15) is 0 Å². The molecule has 0 amide bonds. The molecule has 30 heavy (non-hydrogen) atoms. The van der Waals surface area contributed by atoms with Crippen LogP contribution >= 0.6 is 0 Å². The molecule has 5 fully saturated rings. The molecule has 1 aromatic carbocycles. The molecule has 0 aliphatic heterocycles. The molecule has 0 spiro atoms. The van der Waals surface area contributed by atoms with E-state index in [1.54, 1.807) is 0 Å². The highest BCUT2D eigenvalue weighted by molar-refractivity contribution is 7.90. The van der Waals surface area contributed by atoms with Crippen LogP contribution in [0.15, 0.2) is 12.1 Å². The minimum absolute atomic E-state index is 0.155. The van der Waals surface area contributed by atoms with Gasteiger partial charge >= 0.3 is 0 Å². The van der Waals surface area contributed by atoms with Crippen molar-refractivity contribution in [1.82, 2.24) is 4.72 Å². The summed E-state index contributed by atoms with van der Waals surface area (Å²) in [7, 11) is -2.50. The molecule has 0 heterocycles. The number of carbonyl (C=O) groups is 1. The Bertz CT molecular complexity index is 934. The topological polar surface area (TPSA) is 72.5 Å². The smallest absolute Gasteiger partial charge is 0.218 e. The lowest BCUT2D eigenvalue weighted by Gasteiger charge is -2.56. The Morgan fingerprint density at radius 3 is 2.27 bits per heavy atom. The third-order valence-corrected chi connectivity index (χ3v) is 9.01. The number of Topliss-reactive ketones (excluding diaryl/α,β-unsaturated/α-hetero) is 1. The summed E-state index contributed by atoms with van der Waals surface area (Å²) in [6.45, 7) is 0.622. The molecule has 6 rings (SSSR count). The molecule has 4 bridgehead atoms.